The van der Waals surface area contributed by atoms with Crippen LogP contribution in [0.15, 0.2) is 18.2 Å². The van der Waals surface area contributed by atoms with Gasteiger partial charge in [0.2, 0.25) is 0 Å². The molecule has 1 aliphatic heterocycles. The molecule has 0 aliphatic carbocycles. The van der Waals surface area contributed by atoms with Crippen LogP contribution >= 0.6 is 0 Å². The normalized spacial score (nSPS) is 23.3. The van der Waals surface area contributed by atoms with Crippen LogP contribution in [0.2, 0.25) is 0 Å². The summed E-state index contributed by atoms with van der Waals surface area (Å²) in [5, 5.41) is 6.48. The predicted molar refractivity (Wildman–Crippen MR) is 78.6 cm³/mol. The molecule has 0 spiro atoms. The fourth-order valence-corrected chi connectivity index (χ4v) is 2.69. The van der Waals surface area contributed by atoms with Crippen molar-refractivity contribution in [2.24, 2.45) is 0 Å². The molecule has 1 aromatic carbocycles. The van der Waals surface area contributed by atoms with Crippen LogP contribution < -0.4 is 10.6 Å². The number of carbonyl (C=O) groups is 1. The number of hydrogen-bond acceptors (Lipinski definition) is 2. The summed E-state index contributed by atoms with van der Waals surface area (Å²) >= 11 is 0. The van der Waals surface area contributed by atoms with Crippen LogP contribution in [0.3, 0.4) is 0 Å². The Morgan fingerprint density at radius 1 is 1.21 bits per heavy atom. The van der Waals surface area contributed by atoms with E-state index in [1.807, 2.05) is 36.9 Å². The molecule has 4 nitrogen and oxygen atoms in total. The van der Waals surface area contributed by atoms with Crippen LogP contribution in [0.4, 0.5) is 10.5 Å². The van der Waals surface area contributed by atoms with E-state index in [1.165, 1.54) is 0 Å². The summed E-state index contributed by atoms with van der Waals surface area (Å²) in [6, 6.07) is 6.73. The van der Waals surface area contributed by atoms with Crippen LogP contribution in [0.25, 0.3) is 0 Å². The molecule has 0 bridgehead atoms. The maximum absolute atomic E-state index is 12.4. The largest absolute Gasteiger partial charge is 0.321 e. The van der Waals surface area contributed by atoms with E-state index >= 15 is 0 Å². The van der Waals surface area contributed by atoms with Gasteiger partial charge < -0.3 is 15.5 Å². The molecule has 2 rings (SSSR count). The summed E-state index contributed by atoms with van der Waals surface area (Å²) in [5.74, 6) is 0. The van der Waals surface area contributed by atoms with Crippen molar-refractivity contribution in [1.82, 2.24) is 10.2 Å². The molecule has 19 heavy (non-hydrogen) atoms. The lowest BCUT2D eigenvalue weighted by molar-refractivity contribution is 0.176. The van der Waals surface area contributed by atoms with E-state index in [4.69, 9.17) is 0 Å². The van der Waals surface area contributed by atoms with Crippen molar-refractivity contribution in [2.45, 2.75) is 39.8 Å². The van der Waals surface area contributed by atoms with E-state index in [1.54, 1.807) is 0 Å². The minimum atomic E-state index is -0.00222. The van der Waals surface area contributed by atoms with Gasteiger partial charge in [0.25, 0.3) is 0 Å². The van der Waals surface area contributed by atoms with Gasteiger partial charge in [-0.3, -0.25) is 0 Å². The van der Waals surface area contributed by atoms with Crippen molar-refractivity contribution in [3.05, 3.63) is 29.3 Å². The SMILES string of the molecule is Cc1cccc(C)c1NC(=O)N1C[C@@H](C)N[C@@H](C)C1. The maximum Gasteiger partial charge on any atom is 0.321 e. The van der Waals surface area contributed by atoms with Gasteiger partial charge >= 0.3 is 6.03 Å². The monoisotopic (exact) mass is 261 g/mol. The third-order valence-electron chi connectivity index (χ3n) is 3.56. The molecule has 0 unspecified atom stereocenters. The lowest BCUT2D eigenvalue weighted by Gasteiger charge is -2.36. The van der Waals surface area contributed by atoms with Crippen LogP contribution in [-0.4, -0.2) is 36.1 Å². The Morgan fingerprint density at radius 3 is 2.26 bits per heavy atom. The first-order valence-electron chi connectivity index (χ1n) is 6.85. The number of nitrogens with zero attached hydrogens (tertiary/aromatic N) is 1. The average molecular weight is 261 g/mol. The number of amides is 2. The molecule has 0 aromatic heterocycles. The molecule has 4 heteroatoms. The minimum absolute atomic E-state index is 0.00222. The number of carbonyl (C=O) groups excluding carboxylic acids is 1. The van der Waals surface area contributed by atoms with Gasteiger partial charge in [0.05, 0.1) is 0 Å². The van der Waals surface area contributed by atoms with Crippen LogP contribution in [0.1, 0.15) is 25.0 Å². The molecule has 2 N–H and O–H groups in total. The highest BCUT2D eigenvalue weighted by Gasteiger charge is 2.25. The van der Waals surface area contributed by atoms with E-state index in [-0.39, 0.29) is 6.03 Å². The smallest absolute Gasteiger partial charge is 0.321 e. The van der Waals surface area contributed by atoms with Crippen molar-refractivity contribution < 1.29 is 4.79 Å². The summed E-state index contributed by atoms with van der Waals surface area (Å²) in [4.78, 5) is 14.2. The van der Waals surface area contributed by atoms with Crippen molar-refractivity contribution in [1.29, 1.82) is 0 Å². The van der Waals surface area contributed by atoms with E-state index in [0.717, 1.165) is 29.9 Å². The first-order chi connectivity index (χ1) is 8.97. The number of nitrogens with one attached hydrogen (secondary N) is 2. The summed E-state index contributed by atoms with van der Waals surface area (Å²) in [7, 11) is 0. The Labute approximate surface area is 115 Å². The first-order valence-corrected chi connectivity index (χ1v) is 6.85. The van der Waals surface area contributed by atoms with Gasteiger partial charge in [0.15, 0.2) is 0 Å². The van der Waals surface area contributed by atoms with Crippen LogP contribution in [-0.2, 0) is 0 Å². The number of rotatable bonds is 1. The molecule has 0 radical (unpaired) electrons. The number of urea groups is 1. The zero-order valence-corrected chi connectivity index (χ0v) is 12.2. The van der Waals surface area contributed by atoms with Gasteiger partial charge in [-0.25, -0.2) is 4.79 Å². The van der Waals surface area contributed by atoms with Crippen molar-refractivity contribution in [3.8, 4) is 0 Å². The third-order valence-corrected chi connectivity index (χ3v) is 3.56. The Hall–Kier alpha value is -1.55. The molecular weight excluding hydrogens is 238 g/mol. The second-order valence-corrected chi connectivity index (χ2v) is 5.57. The second kappa shape index (κ2) is 5.61. The summed E-state index contributed by atoms with van der Waals surface area (Å²) < 4.78 is 0. The Morgan fingerprint density at radius 2 is 1.74 bits per heavy atom. The maximum atomic E-state index is 12.4. The quantitative estimate of drug-likeness (QED) is 0.816. The molecule has 2 amide bonds. The molecule has 1 fully saturated rings. The first kappa shape index (κ1) is 13.9. The zero-order valence-electron chi connectivity index (χ0n) is 12.2. The summed E-state index contributed by atoms with van der Waals surface area (Å²) in [5.41, 5.74) is 3.14. The highest BCUT2D eigenvalue weighted by molar-refractivity contribution is 5.91. The fourth-order valence-electron chi connectivity index (χ4n) is 2.69. The fraction of sp³-hybridized carbons (Fsp3) is 0.533. The highest BCUT2D eigenvalue weighted by atomic mass is 16.2. The number of piperazine rings is 1. The number of anilines is 1. The second-order valence-electron chi connectivity index (χ2n) is 5.57. The number of para-hydroxylation sites is 1. The predicted octanol–water partition coefficient (Wildman–Crippen LogP) is 2.52. The standard InChI is InChI=1S/C15H23N3O/c1-10-6-5-7-11(2)14(10)17-15(19)18-8-12(3)16-13(4)9-18/h5-7,12-13,16H,8-9H2,1-4H3,(H,17,19)/t12-,13+. The molecule has 1 aromatic rings. The number of benzene rings is 1. The van der Waals surface area contributed by atoms with Gasteiger partial charge in [-0.2, -0.15) is 0 Å². The summed E-state index contributed by atoms with van der Waals surface area (Å²) in [6.07, 6.45) is 0. The zero-order chi connectivity index (χ0) is 14.0. The minimum Gasteiger partial charge on any atom is -0.321 e. The number of hydrogen-bond donors (Lipinski definition) is 2. The van der Waals surface area contributed by atoms with Crippen molar-refractivity contribution in [3.63, 3.8) is 0 Å². The van der Waals surface area contributed by atoms with E-state index in [9.17, 15) is 4.79 Å². The van der Waals surface area contributed by atoms with Crippen LogP contribution in [0.5, 0.6) is 0 Å². The Bertz CT molecular complexity index is 442. The van der Waals surface area contributed by atoms with E-state index < -0.39 is 0 Å². The molecule has 1 saturated heterocycles. The van der Waals surface area contributed by atoms with Gasteiger partial charge in [0, 0.05) is 30.9 Å². The number of aryl methyl sites for hydroxylation is 2. The van der Waals surface area contributed by atoms with E-state index in [2.05, 4.69) is 24.5 Å². The Balaban J connectivity index is 2.08. The van der Waals surface area contributed by atoms with Gasteiger partial charge in [-0.05, 0) is 38.8 Å². The van der Waals surface area contributed by atoms with E-state index in [0.29, 0.717) is 12.1 Å². The van der Waals surface area contributed by atoms with Gasteiger partial charge in [-0.1, -0.05) is 18.2 Å². The lowest BCUT2D eigenvalue weighted by Crippen LogP contribution is -2.56. The summed E-state index contributed by atoms with van der Waals surface area (Å²) in [6.45, 7) is 9.75. The lowest BCUT2D eigenvalue weighted by atomic mass is 10.1. The molecule has 0 saturated carbocycles. The van der Waals surface area contributed by atoms with Crippen molar-refractivity contribution in [2.75, 3.05) is 18.4 Å². The van der Waals surface area contributed by atoms with Gasteiger partial charge in [0.1, 0.15) is 0 Å². The van der Waals surface area contributed by atoms with Crippen LogP contribution in [0, 0.1) is 13.8 Å². The molecule has 104 valence electrons. The molecule has 1 heterocycles. The molecule has 1 aliphatic rings. The van der Waals surface area contributed by atoms with Crippen molar-refractivity contribution >= 4 is 11.7 Å². The third kappa shape index (κ3) is 3.26. The van der Waals surface area contributed by atoms with Gasteiger partial charge in [-0.15, -0.1) is 0 Å². The topological polar surface area (TPSA) is 44.4 Å². The highest BCUT2D eigenvalue weighted by Crippen LogP contribution is 2.20. The molecular formula is C15H23N3O. The average Bonchev–Trinajstić information content (AvgIpc) is 2.32. The Kier molecular flexibility index (Phi) is 4.10. The molecule has 2 atom stereocenters.